The second-order valence-corrected chi connectivity index (χ2v) is 11.7. The molecule has 0 bridgehead atoms. The van der Waals surface area contributed by atoms with Crippen LogP contribution in [0.2, 0.25) is 0 Å². The number of fused-ring (bicyclic) bond motifs is 1. The van der Waals surface area contributed by atoms with Gasteiger partial charge in [-0.05, 0) is 29.8 Å². The van der Waals surface area contributed by atoms with Crippen molar-refractivity contribution in [3.63, 3.8) is 0 Å². The Bertz CT molecular complexity index is 1350. The van der Waals surface area contributed by atoms with E-state index in [2.05, 4.69) is 4.98 Å². The van der Waals surface area contributed by atoms with E-state index in [1.165, 1.54) is 10.2 Å². The molecule has 0 radical (unpaired) electrons. The van der Waals surface area contributed by atoms with Gasteiger partial charge in [-0.3, -0.25) is 9.78 Å². The Morgan fingerprint density at radius 3 is 2.55 bits per heavy atom. The number of hydrogen-bond donors (Lipinski definition) is 0. The van der Waals surface area contributed by atoms with Gasteiger partial charge in [-0.25, -0.2) is 12.4 Å². The van der Waals surface area contributed by atoms with Crippen LogP contribution in [0.1, 0.15) is 20.5 Å². The molecule has 3 heterocycles. The molecule has 31 heavy (non-hydrogen) atoms. The molecule has 2 unspecified atom stereocenters. The number of nitrogens with zero attached hydrogens (tertiary/aromatic N) is 2. The summed E-state index contributed by atoms with van der Waals surface area (Å²) < 4.78 is 27.9. The fraction of sp³-hybridized carbons (Fsp3) is 0.130. The Morgan fingerprint density at radius 2 is 1.77 bits per heavy atom. The highest BCUT2D eigenvalue weighted by atomic mass is 32.2. The second-order valence-electron chi connectivity index (χ2n) is 7.11. The van der Waals surface area contributed by atoms with Crippen LogP contribution in [0, 0.1) is 0 Å². The van der Waals surface area contributed by atoms with Crippen molar-refractivity contribution < 1.29 is 13.2 Å². The van der Waals surface area contributed by atoms with Gasteiger partial charge in [-0.2, -0.15) is 0 Å². The number of aromatic nitrogens is 2. The minimum absolute atomic E-state index is 0.0397. The highest BCUT2D eigenvalue weighted by Crippen LogP contribution is 2.50. The lowest BCUT2D eigenvalue weighted by atomic mass is 10.1. The van der Waals surface area contributed by atoms with Crippen LogP contribution in [0.25, 0.3) is 10.9 Å². The van der Waals surface area contributed by atoms with Crippen LogP contribution in [0.15, 0.2) is 90.2 Å². The maximum atomic E-state index is 13.5. The van der Waals surface area contributed by atoms with Gasteiger partial charge in [-0.15, -0.1) is 23.5 Å². The van der Waals surface area contributed by atoms with Crippen LogP contribution in [-0.4, -0.2) is 34.2 Å². The van der Waals surface area contributed by atoms with E-state index in [9.17, 15) is 13.2 Å². The molecule has 156 valence electrons. The number of hydrogen-bond acceptors (Lipinski definition) is 6. The number of carbonyl (C=O) groups excluding carboxylic acids is 1. The number of pyridine rings is 1. The summed E-state index contributed by atoms with van der Waals surface area (Å²) >= 11 is 3.32. The van der Waals surface area contributed by atoms with E-state index in [1.54, 1.807) is 72.2 Å². The fourth-order valence-corrected chi connectivity index (χ4v) is 8.23. The molecule has 2 aromatic heterocycles. The van der Waals surface area contributed by atoms with Crippen molar-refractivity contribution in [2.75, 3.05) is 5.75 Å². The van der Waals surface area contributed by atoms with E-state index in [1.807, 2.05) is 30.5 Å². The van der Waals surface area contributed by atoms with Crippen LogP contribution >= 0.6 is 23.5 Å². The number of ketones is 1. The Balaban J connectivity index is 1.52. The first-order chi connectivity index (χ1) is 15.1. The molecule has 1 aliphatic rings. The average molecular weight is 467 g/mol. The van der Waals surface area contributed by atoms with Crippen molar-refractivity contribution in [2.24, 2.45) is 0 Å². The first kappa shape index (κ1) is 20.4. The SMILES string of the molecule is O=C(c1cn(S(=O)(=O)c2ccccc2)c2ccccc12)C1CSC(c2cccnc2)S1. The molecule has 0 N–H and O–H groups in total. The Labute approximate surface area is 188 Å². The number of carbonyl (C=O) groups is 1. The number of thioether (sulfide) groups is 2. The highest BCUT2D eigenvalue weighted by molar-refractivity contribution is 8.20. The van der Waals surface area contributed by atoms with Crippen molar-refractivity contribution in [3.8, 4) is 0 Å². The van der Waals surface area contributed by atoms with E-state index in [-0.39, 0.29) is 20.5 Å². The van der Waals surface area contributed by atoms with Crippen molar-refractivity contribution in [1.82, 2.24) is 8.96 Å². The maximum Gasteiger partial charge on any atom is 0.268 e. The Morgan fingerprint density at radius 1 is 1.00 bits per heavy atom. The molecule has 2 aromatic carbocycles. The molecular weight excluding hydrogens is 448 g/mol. The van der Waals surface area contributed by atoms with Crippen molar-refractivity contribution in [2.45, 2.75) is 14.7 Å². The molecule has 5 rings (SSSR count). The fourth-order valence-electron chi connectivity index (χ4n) is 3.65. The number of benzene rings is 2. The normalized spacial score (nSPS) is 19.0. The Kier molecular flexibility index (Phi) is 5.37. The molecular formula is C23H18N2O3S3. The van der Waals surface area contributed by atoms with Crippen LogP contribution in [-0.2, 0) is 10.0 Å². The van der Waals surface area contributed by atoms with Gasteiger partial charge in [0.1, 0.15) is 0 Å². The van der Waals surface area contributed by atoms with E-state index < -0.39 is 10.0 Å². The molecule has 2 atom stereocenters. The summed E-state index contributed by atoms with van der Waals surface area (Å²) in [7, 11) is -3.81. The predicted octanol–water partition coefficient (Wildman–Crippen LogP) is 5.00. The zero-order valence-electron chi connectivity index (χ0n) is 16.3. The molecule has 0 saturated carbocycles. The molecule has 5 nitrogen and oxygen atoms in total. The van der Waals surface area contributed by atoms with Gasteiger partial charge >= 0.3 is 0 Å². The standard InChI is InChI=1S/C23H18N2O3S3/c26-22(21-15-29-23(30-21)16-7-6-12-24-13-16)19-14-25(20-11-5-4-10-18(19)20)31(27,28)17-8-2-1-3-9-17/h1-14,21,23H,15H2. The van der Waals surface area contributed by atoms with Crippen molar-refractivity contribution in [1.29, 1.82) is 0 Å². The maximum absolute atomic E-state index is 13.5. The molecule has 1 saturated heterocycles. The molecule has 1 aliphatic heterocycles. The third-order valence-electron chi connectivity index (χ3n) is 5.18. The molecule has 1 fully saturated rings. The molecule has 0 spiro atoms. The zero-order chi connectivity index (χ0) is 21.4. The minimum atomic E-state index is -3.81. The smallest absolute Gasteiger partial charge is 0.268 e. The summed E-state index contributed by atoms with van der Waals surface area (Å²) in [6.45, 7) is 0. The van der Waals surface area contributed by atoms with Gasteiger partial charge in [0.2, 0.25) is 0 Å². The van der Waals surface area contributed by atoms with Gasteiger partial charge in [-0.1, -0.05) is 42.5 Å². The first-order valence-electron chi connectivity index (χ1n) is 9.67. The largest absolute Gasteiger partial charge is 0.293 e. The molecule has 8 heteroatoms. The highest BCUT2D eigenvalue weighted by Gasteiger charge is 2.35. The lowest BCUT2D eigenvalue weighted by Crippen LogP contribution is -2.17. The van der Waals surface area contributed by atoms with Gasteiger partial charge in [0, 0.05) is 35.3 Å². The summed E-state index contributed by atoms with van der Waals surface area (Å²) in [4.78, 5) is 17.8. The Hall–Kier alpha value is -2.55. The first-order valence-corrected chi connectivity index (χ1v) is 13.1. The molecule has 0 amide bonds. The van der Waals surface area contributed by atoms with Gasteiger partial charge in [0.05, 0.1) is 20.2 Å². The van der Waals surface area contributed by atoms with Crippen LogP contribution < -0.4 is 0 Å². The van der Waals surface area contributed by atoms with Crippen molar-refractivity contribution >= 4 is 50.2 Å². The van der Waals surface area contributed by atoms with E-state index in [0.29, 0.717) is 22.2 Å². The summed E-state index contributed by atoms with van der Waals surface area (Å²) in [5, 5.41) is 0.413. The van der Waals surface area contributed by atoms with Crippen LogP contribution in [0.4, 0.5) is 0 Å². The topological polar surface area (TPSA) is 69.0 Å². The molecule has 4 aromatic rings. The monoisotopic (exact) mass is 466 g/mol. The third kappa shape index (κ3) is 3.69. The zero-order valence-corrected chi connectivity index (χ0v) is 18.7. The summed E-state index contributed by atoms with van der Waals surface area (Å²) in [5.41, 5.74) is 2.04. The average Bonchev–Trinajstić information content (AvgIpc) is 3.46. The summed E-state index contributed by atoms with van der Waals surface area (Å²) in [6, 6.07) is 19.4. The van der Waals surface area contributed by atoms with E-state index in [0.717, 1.165) is 5.56 Å². The molecule has 0 aliphatic carbocycles. The van der Waals surface area contributed by atoms with Crippen LogP contribution in [0.3, 0.4) is 0 Å². The van der Waals surface area contributed by atoms with E-state index in [4.69, 9.17) is 0 Å². The van der Waals surface area contributed by atoms with E-state index >= 15 is 0 Å². The minimum Gasteiger partial charge on any atom is -0.293 e. The van der Waals surface area contributed by atoms with Gasteiger partial charge in [0.15, 0.2) is 5.78 Å². The lowest BCUT2D eigenvalue weighted by molar-refractivity contribution is 0.0997. The van der Waals surface area contributed by atoms with Gasteiger partial charge in [0.25, 0.3) is 10.0 Å². The number of para-hydroxylation sites is 1. The summed E-state index contributed by atoms with van der Waals surface area (Å²) in [5.74, 6) is 0.635. The number of Topliss-reactive ketones (excluding diaryl/α,β-unsaturated/α-hetero) is 1. The third-order valence-corrected chi connectivity index (χ3v) is 10.1. The predicted molar refractivity (Wildman–Crippen MR) is 126 cm³/mol. The second kappa shape index (κ2) is 8.18. The summed E-state index contributed by atoms with van der Waals surface area (Å²) in [6.07, 6.45) is 5.05. The number of rotatable bonds is 5. The lowest BCUT2D eigenvalue weighted by Gasteiger charge is -2.09. The van der Waals surface area contributed by atoms with Crippen LogP contribution in [0.5, 0.6) is 0 Å². The quantitative estimate of drug-likeness (QED) is 0.386. The van der Waals surface area contributed by atoms with Crippen molar-refractivity contribution in [3.05, 3.63) is 96.4 Å². The van der Waals surface area contributed by atoms with Gasteiger partial charge < -0.3 is 0 Å².